The zero-order valence-electron chi connectivity index (χ0n) is 10.7. The fourth-order valence-corrected chi connectivity index (χ4v) is 2.72. The lowest BCUT2D eigenvalue weighted by Crippen LogP contribution is -2.39. The van der Waals surface area contributed by atoms with E-state index in [-0.39, 0.29) is 0 Å². The Kier molecular flexibility index (Phi) is 4.62. The quantitative estimate of drug-likeness (QED) is 0.786. The lowest BCUT2D eigenvalue weighted by molar-refractivity contribution is 0.0538. The lowest BCUT2D eigenvalue weighted by Gasteiger charge is -2.25. The molecule has 0 aromatic rings. The van der Waals surface area contributed by atoms with Crippen molar-refractivity contribution in [1.29, 1.82) is 0 Å². The molecular formula is C13H26N2O. The van der Waals surface area contributed by atoms with E-state index in [4.69, 9.17) is 4.74 Å². The van der Waals surface area contributed by atoms with Gasteiger partial charge in [0.25, 0.3) is 0 Å². The van der Waals surface area contributed by atoms with Crippen molar-refractivity contribution < 1.29 is 4.74 Å². The summed E-state index contributed by atoms with van der Waals surface area (Å²) in [7, 11) is 0. The number of rotatable bonds is 4. The van der Waals surface area contributed by atoms with Gasteiger partial charge in [-0.25, -0.2) is 0 Å². The first-order chi connectivity index (χ1) is 7.75. The smallest absolute Gasteiger partial charge is 0.0506 e. The Morgan fingerprint density at radius 3 is 2.88 bits per heavy atom. The van der Waals surface area contributed by atoms with Gasteiger partial charge in [0.05, 0.1) is 6.61 Å². The van der Waals surface area contributed by atoms with E-state index in [0.29, 0.717) is 12.1 Å². The summed E-state index contributed by atoms with van der Waals surface area (Å²) >= 11 is 0. The van der Waals surface area contributed by atoms with Gasteiger partial charge in [0, 0.05) is 31.8 Å². The zero-order chi connectivity index (χ0) is 11.4. The predicted molar refractivity (Wildman–Crippen MR) is 66.7 cm³/mol. The van der Waals surface area contributed by atoms with Crippen LogP contribution in [0.3, 0.4) is 0 Å². The van der Waals surface area contributed by atoms with Crippen LogP contribution in [0.2, 0.25) is 0 Å². The van der Waals surface area contributed by atoms with Gasteiger partial charge in [-0.3, -0.25) is 4.90 Å². The Hall–Kier alpha value is -0.120. The fourth-order valence-electron chi connectivity index (χ4n) is 2.72. The van der Waals surface area contributed by atoms with Crippen LogP contribution in [0.1, 0.15) is 33.1 Å². The monoisotopic (exact) mass is 226 g/mol. The van der Waals surface area contributed by atoms with Gasteiger partial charge in [-0.2, -0.15) is 0 Å². The molecule has 2 fully saturated rings. The van der Waals surface area contributed by atoms with Gasteiger partial charge in [-0.05, 0) is 45.6 Å². The molecule has 0 amide bonds. The van der Waals surface area contributed by atoms with Gasteiger partial charge in [0.15, 0.2) is 0 Å². The molecule has 0 saturated carbocycles. The zero-order valence-corrected chi connectivity index (χ0v) is 10.7. The van der Waals surface area contributed by atoms with Crippen LogP contribution in [0.5, 0.6) is 0 Å². The highest BCUT2D eigenvalue weighted by Gasteiger charge is 2.24. The second-order valence-electron chi connectivity index (χ2n) is 5.57. The van der Waals surface area contributed by atoms with Gasteiger partial charge in [-0.1, -0.05) is 0 Å². The van der Waals surface area contributed by atoms with E-state index < -0.39 is 0 Å². The molecule has 2 aliphatic heterocycles. The van der Waals surface area contributed by atoms with Gasteiger partial charge in [0.2, 0.25) is 0 Å². The highest BCUT2D eigenvalue weighted by Crippen LogP contribution is 2.15. The van der Waals surface area contributed by atoms with Crippen molar-refractivity contribution in [2.75, 3.05) is 32.8 Å². The average molecular weight is 226 g/mol. The topological polar surface area (TPSA) is 24.5 Å². The first-order valence-corrected chi connectivity index (χ1v) is 6.81. The van der Waals surface area contributed by atoms with Crippen LogP contribution in [0.15, 0.2) is 0 Å². The van der Waals surface area contributed by atoms with Crippen LogP contribution in [-0.2, 0) is 4.74 Å². The molecule has 2 unspecified atom stereocenters. The summed E-state index contributed by atoms with van der Waals surface area (Å²) in [6.07, 6.45) is 3.90. The Morgan fingerprint density at radius 1 is 1.38 bits per heavy atom. The second kappa shape index (κ2) is 5.99. The van der Waals surface area contributed by atoms with Crippen molar-refractivity contribution in [3.63, 3.8) is 0 Å². The minimum absolute atomic E-state index is 0.699. The Bertz CT molecular complexity index is 202. The highest BCUT2D eigenvalue weighted by molar-refractivity contribution is 4.83. The van der Waals surface area contributed by atoms with Crippen molar-refractivity contribution in [3.05, 3.63) is 0 Å². The van der Waals surface area contributed by atoms with Gasteiger partial charge in [-0.15, -0.1) is 0 Å². The summed E-state index contributed by atoms with van der Waals surface area (Å²) in [6.45, 7) is 10.2. The second-order valence-corrected chi connectivity index (χ2v) is 5.57. The highest BCUT2D eigenvalue weighted by atomic mass is 16.5. The molecule has 3 nitrogen and oxygen atoms in total. The van der Waals surface area contributed by atoms with Crippen molar-refractivity contribution in [1.82, 2.24) is 10.2 Å². The van der Waals surface area contributed by atoms with Crippen molar-refractivity contribution in [3.8, 4) is 0 Å². The van der Waals surface area contributed by atoms with Gasteiger partial charge in [0.1, 0.15) is 0 Å². The normalized spacial score (nSPS) is 32.4. The molecule has 94 valence electrons. The number of ether oxygens (including phenoxy) is 1. The molecule has 0 radical (unpaired) electrons. The third kappa shape index (κ3) is 3.44. The third-order valence-electron chi connectivity index (χ3n) is 3.90. The van der Waals surface area contributed by atoms with E-state index in [1.807, 2.05) is 0 Å². The van der Waals surface area contributed by atoms with E-state index in [1.165, 1.54) is 32.4 Å². The summed E-state index contributed by atoms with van der Waals surface area (Å²) in [5, 5.41) is 3.71. The molecule has 16 heavy (non-hydrogen) atoms. The molecular weight excluding hydrogens is 200 g/mol. The molecule has 0 aromatic carbocycles. The largest absolute Gasteiger partial charge is 0.381 e. The van der Waals surface area contributed by atoms with Crippen molar-refractivity contribution in [2.24, 2.45) is 5.92 Å². The molecule has 0 aromatic heterocycles. The maximum atomic E-state index is 5.51. The molecule has 2 saturated heterocycles. The molecule has 3 heteroatoms. The maximum Gasteiger partial charge on any atom is 0.0506 e. The van der Waals surface area contributed by atoms with Crippen LogP contribution in [-0.4, -0.2) is 49.8 Å². The van der Waals surface area contributed by atoms with Crippen LogP contribution in [0, 0.1) is 5.92 Å². The summed E-state index contributed by atoms with van der Waals surface area (Å²) in [6, 6.07) is 1.41. The summed E-state index contributed by atoms with van der Waals surface area (Å²) in [4.78, 5) is 2.56. The van der Waals surface area contributed by atoms with Gasteiger partial charge >= 0.3 is 0 Å². The summed E-state index contributed by atoms with van der Waals surface area (Å²) in [5.41, 5.74) is 0. The first kappa shape index (κ1) is 12.3. The number of nitrogens with one attached hydrogen (secondary N) is 1. The van der Waals surface area contributed by atoms with Gasteiger partial charge < -0.3 is 10.1 Å². The molecule has 0 aliphatic carbocycles. The maximum absolute atomic E-state index is 5.51. The van der Waals surface area contributed by atoms with Crippen molar-refractivity contribution in [2.45, 2.75) is 45.2 Å². The third-order valence-corrected chi connectivity index (χ3v) is 3.90. The van der Waals surface area contributed by atoms with E-state index in [0.717, 1.165) is 25.7 Å². The number of nitrogens with zero attached hydrogens (tertiary/aromatic N) is 1. The van der Waals surface area contributed by atoms with Crippen LogP contribution in [0.4, 0.5) is 0 Å². The standard InChI is InChI=1S/C13H26N2O/c1-11(2)15-6-5-13(9-15)14-8-12-4-3-7-16-10-12/h11-14H,3-10H2,1-2H3. The van der Waals surface area contributed by atoms with E-state index in [1.54, 1.807) is 0 Å². The van der Waals surface area contributed by atoms with Crippen LogP contribution >= 0.6 is 0 Å². The lowest BCUT2D eigenvalue weighted by atomic mass is 10.0. The number of hydrogen-bond donors (Lipinski definition) is 1. The minimum Gasteiger partial charge on any atom is -0.381 e. The minimum atomic E-state index is 0.699. The molecule has 0 spiro atoms. The number of likely N-dealkylation sites (tertiary alicyclic amines) is 1. The molecule has 2 aliphatic rings. The first-order valence-electron chi connectivity index (χ1n) is 6.81. The van der Waals surface area contributed by atoms with E-state index in [9.17, 15) is 0 Å². The molecule has 2 heterocycles. The predicted octanol–water partition coefficient (Wildman–Crippen LogP) is 1.49. The Balaban J connectivity index is 1.63. The number of hydrogen-bond acceptors (Lipinski definition) is 3. The van der Waals surface area contributed by atoms with E-state index >= 15 is 0 Å². The Morgan fingerprint density at radius 2 is 2.25 bits per heavy atom. The molecule has 1 N–H and O–H groups in total. The molecule has 0 bridgehead atoms. The Labute approximate surface area is 99.5 Å². The summed E-state index contributed by atoms with van der Waals surface area (Å²) in [5.74, 6) is 0.752. The van der Waals surface area contributed by atoms with Crippen LogP contribution in [0.25, 0.3) is 0 Å². The fraction of sp³-hybridized carbons (Fsp3) is 1.00. The molecule has 2 rings (SSSR count). The van der Waals surface area contributed by atoms with Crippen molar-refractivity contribution >= 4 is 0 Å². The van der Waals surface area contributed by atoms with E-state index in [2.05, 4.69) is 24.1 Å². The molecule has 2 atom stereocenters. The summed E-state index contributed by atoms with van der Waals surface area (Å²) < 4.78 is 5.51. The SMILES string of the molecule is CC(C)N1CCC(NCC2CCCOC2)C1. The van der Waals surface area contributed by atoms with Crippen LogP contribution < -0.4 is 5.32 Å². The average Bonchev–Trinajstić information content (AvgIpc) is 2.76.